The molecule has 1 aromatic rings. The maximum atomic E-state index is 9.11. The van der Waals surface area contributed by atoms with E-state index in [1.54, 1.807) is 0 Å². The van der Waals surface area contributed by atoms with E-state index in [1.807, 2.05) is 18.2 Å². The third-order valence-electron chi connectivity index (χ3n) is 2.32. The third-order valence-corrected chi connectivity index (χ3v) is 2.32. The van der Waals surface area contributed by atoms with E-state index >= 15 is 0 Å². The average molecular weight is 192 g/mol. The van der Waals surface area contributed by atoms with E-state index in [0.29, 0.717) is 6.61 Å². The Morgan fingerprint density at radius 1 is 1.36 bits per heavy atom. The Hall–Kier alpha value is -0.835. The van der Waals surface area contributed by atoms with Gasteiger partial charge in [0.25, 0.3) is 0 Å². The minimum atomic E-state index is -1.04. The van der Waals surface area contributed by atoms with Gasteiger partial charge in [-0.2, -0.15) is 0 Å². The fourth-order valence-electron chi connectivity index (χ4n) is 1.60. The summed E-state index contributed by atoms with van der Waals surface area (Å²) in [6.45, 7) is 0.568. The average Bonchev–Trinajstić information content (AvgIpc) is 2.19. The van der Waals surface area contributed by atoms with Gasteiger partial charge in [0.15, 0.2) is 0 Å². The van der Waals surface area contributed by atoms with Crippen LogP contribution in [0.25, 0.3) is 0 Å². The molecule has 1 aliphatic heterocycles. The normalized spacial score (nSPS) is 22.4. The highest BCUT2D eigenvalue weighted by Crippen LogP contribution is 2.13. The second-order valence-electron chi connectivity index (χ2n) is 3.41. The van der Waals surface area contributed by atoms with Gasteiger partial charge in [0.1, 0.15) is 0 Å². The van der Waals surface area contributed by atoms with Crippen molar-refractivity contribution < 1.29 is 14.3 Å². The molecule has 3 nitrogen and oxygen atoms in total. The predicted octanol–water partition coefficient (Wildman–Crippen LogP) is 1.01. The van der Waals surface area contributed by atoms with E-state index in [9.17, 15) is 0 Å². The van der Waals surface area contributed by atoms with Crippen LogP contribution in [0.1, 0.15) is 12.0 Å². The van der Waals surface area contributed by atoms with Crippen molar-refractivity contribution in [1.82, 2.24) is 0 Å². The summed E-state index contributed by atoms with van der Waals surface area (Å²) in [7, 11) is -1.04. The maximum absolute atomic E-state index is 9.11. The lowest BCUT2D eigenvalue weighted by atomic mass is 10.0. The highest BCUT2D eigenvalue weighted by molar-refractivity contribution is 6.34. The lowest BCUT2D eigenvalue weighted by Crippen LogP contribution is -2.37. The molecule has 1 fully saturated rings. The van der Waals surface area contributed by atoms with Gasteiger partial charge in [-0.3, -0.25) is 0 Å². The van der Waals surface area contributed by atoms with E-state index in [4.69, 9.17) is 14.3 Å². The SMILES string of the molecule is OB1OCCC(Cc2ccccc2)O1. The fraction of sp³-hybridized carbons (Fsp3) is 0.400. The minimum absolute atomic E-state index is 0.0705. The zero-order valence-electron chi connectivity index (χ0n) is 7.93. The van der Waals surface area contributed by atoms with Gasteiger partial charge in [-0.1, -0.05) is 30.3 Å². The van der Waals surface area contributed by atoms with Gasteiger partial charge >= 0.3 is 7.32 Å². The zero-order valence-corrected chi connectivity index (χ0v) is 7.93. The first-order valence-corrected chi connectivity index (χ1v) is 4.83. The lowest BCUT2D eigenvalue weighted by Gasteiger charge is -2.24. The summed E-state index contributed by atoms with van der Waals surface area (Å²) in [5.74, 6) is 0. The van der Waals surface area contributed by atoms with Gasteiger partial charge in [-0.25, -0.2) is 0 Å². The first-order valence-electron chi connectivity index (χ1n) is 4.83. The van der Waals surface area contributed by atoms with Crippen LogP contribution in [0.15, 0.2) is 30.3 Å². The molecule has 1 unspecified atom stereocenters. The zero-order chi connectivity index (χ0) is 9.80. The minimum Gasteiger partial charge on any atom is -0.402 e. The van der Waals surface area contributed by atoms with Gasteiger partial charge < -0.3 is 14.3 Å². The van der Waals surface area contributed by atoms with E-state index in [1.165, 1.54) is 5.56 Å². The number of benzene rings is 1. The number of hydrogen-bond acceptors (Lipinski definition) is 3. The molecular formula is C10H13BO3. The molecule has 0 aromatic heterocycles. The molecule has 4 heteroatoms. The van der Waals surface area contributed by atoms with Crippen molar-refractivity contribution in [2.45, 2.75) is 18.9 Å². The van der Waals surface area contributed by atoms with E-state index in [2.05, 4.69) is 12.1 Å². The molecule has 1 saturated heterocycles. The molecule has 1 aromatic carbocycles. The Kier molecular flexibility index (Phi) is 3.19. The second kappa shape index (κ2) is 4.60. The molecule has 74 valence electrons. The van der Waals surface area contributed by atoms with Crippen LogP contribution in [0.4, 0.5) is 0 Å². The van der Waals surface area contributed by atoms with Crippen molar-refractivity contribution in [3.05, 3.63) is 35.9 Å². The molecule has 0 aliphatic carbocycles. The van der Waals surface area contributed by atoms with Crippen molar-refractivity contribution in [3.8, 4) is 0 Å². The van der Waals surface area contributed by atoms with Crippen LogP contribution in [0.5, 0.6) is 0 Å². The largest absolute Gasteiger partial charge is 0.636 e. The molecule has 1 atom stereocenters. The lowest BCUT2D eigenvalue weighted by molar-refractivity contribution is 0.0278. The summed E-state index contributed by atoms with van der Waals surface area (Å²) in [4.78, 5) is 0. The topological polar surface area (TPSA) is 38.7 Å². The number of hydrogen-bond donors (Lipinski definition) is 1. The van der Waals surface area contributed by atoms with Crippen LogP contribution in [0.2, 0.25) is 0 Å². The molecule has 1 aliphatic rings. The van der Waals surface area contributed by atoms with E-state index < -0.39 is 7.32 Å². The van der Waals surface area contributed by atoms with Crippen LogP contribution in [0.3, 0.4) is 0 Å². The molecule has 0 saturated carbocycles. The smallest absolute Gasteiger partial charge is 0.402 e. The number of rotatable bonds is 2. The molecule has 1 heterocycles. The molecule has 14 heavy (non-hydrogen) atoms. The van der Waals surface area contributed by atoms with Crippen LogP contribution >= 0.6 is 0 Å². The summed E-state index contributed by atoms with van der Waals surface area (Å²) >= 11 is 0. The highest BCUT2D eigenvalue weighted by atomic mass is 16.7. The summed E-state index contributed by atoms with van der Waals surface area (Å²) in [5, 5.41) is 9.11. The van der Waals surface area contributed by atoms with Crippen LogP contribution in [-0.4, -0.2) is 25.1 Å². The molecule has 0 spiro atoms. The van der Waals surface area contributed by atoms with Crippen molar-refractivity contribution in [1.29, 1.82) is 0 Å². The van der Waals surface area contributed by atoms with Crippen molar-refractivity contribution >= 4 is 7.32 Å². The molecule has 0 radical (unpaired) electrons. The quantitative estimate of drug-likeness (QED) is 0.710. The summed E-state index contributed by atoms with van der Waals surface area (Å²) in [5.41, 5.74) is 1.23. The van der Waals surface area contributed by atoms with Crippen molar-refractivity contribution in [3.63, 3.8) is 0 Å². The molecule has 0 bridgehead atoms. The van der Waals surface area contributed by atoms with Gasteiger partial charge in [0.2, 0.25) is 0 Å². The van der Waals surface area contributed by atoms with Crippen molar-refractivity contribution in [2.75, 3.05) is 6.61 Å². The Morgan fingerprint density at radius 3 is 2.86 bits per heavy atom. The van der Waals surface area contributed by atoms with Gasteiger partial charge in [-0.15, -0.1) is 0 Å². The van der Waals surface area contributed by atoms with Gasteiger partial charge in [-0.05, 0) is 18.4 Å². The molecule has 1 N–H and O–H groups in total. The maximum Gasteiger partial charge on any atom is 0.636 e. The second-order valence-corrected chi connectivity index (χ2v) is 3.41. The molecule has 0 amide bonds. The first-order chi connectivity index (χ1) is 6.84. The first kappa shape index (κ1) is 9.71. The summed E-state index contributed by atoms with van der Waals surface area (Å²) < 4.78 is 10.1. The Balaban J connectivity index is 1.91. The Bertz CT molecular complexity index is 278. The summed E-state index contributed by atoms with van der Waals surface area (Å²) in [6.07, 6.45) is 1.74. The Morgan fingerprint density at radius 2 is 2.14 bits per heavy atom. The Labute approximate surface area is 83.8 Å². The van der Waals surface area contributed by atoms with E-state index in [0.717, 1.165) is 12.8 Å². The van der Waals surface area contributed by atoms with Crippen LogP contribution in [-0.2, 0) is 15.7 Å². The highest BCUT2D eigenvalue weighted by Gasteiger charge is 2.26. The van der Waals surface area contributed by atoms with E-state index in [-0.39, 0.29) is 6.10 Å². The van der Waals surface area contributed by atoms with Gasteiger partial charge in [0.05, 0.1) is 6.10 Å². The van der Waals surface area contributed by atoms with Gasteiger partial charge in [0, 0.05) is 6.61 Å². The van der Waals surface area contributed by atoms with Crippen LogP contribution in [0, 0.1) is 0 Å². The predicted molar refractivity (Wildman–Crippen MR) is 53.6 cm³/mol. The fourth-order valence-corrected chi connectivity index (χ4v) is 1.60. The summed E-state index contributed by atoms with van der Waals surface area (Å²) in [6, 6.07) is 10.1. The third kappa shape index (κ3) is 2.58. The molecule has 2 rings (SSSR count). The monoisotopic (exact) mass is 192 g/mol. The van der Waals surface area contributed by atoms with Crippen LogP contribution < -0.4 is 0 Å². The standard InChI is InChI=1S/C10H13BO3/c12-11-13-7-6-10(14-11)8-9-4-2-1-3-5-9/h1-5,10,12H,6-8H2. The van der Waals surface area contributed by atoms with Crippen molar-refractivity contribution in [2.24, 2.45) is 0 Å². The molecular weight excluding hydrogens is 179 g/mol.